The van der Waals surface area contributed by atoms with Gasteiger partial charge < -0.3 is 24.7 Å². The van der Waals surface area contributed by atoms with Gasteiger partial charge in [0.05, 0.1) is 17.8 Å². The predicted octanol–water partition coefficient (Wildman–Crippen LogP) is 4.20. The number of carbonyl (C=O) groups excluding carboxylic acids is 1. The summed E-state index contributed by atoms with van der Waals surface area (Å²) in [5.41, 5.74) is 2.32. The third kappa shape index (κ3) is 3.66. The van der Waals surface area contributed by atoms with Crippen LogP contribution in [0.25, 0.3) is 11.3 Å². The fourth-order valence-corrected chi connectivity index (χ4v) is 6.87. The average molecular weight is 515 g/mol. The lowest BCUT2D eigenvalue weighted by Crippen LogP contribution is -2.57. The van der Waals surface area contributed by atoms with Crippen molar-refractivity contribution in [2.24, 2.45) is 11.8 Å². The molecule has 3 fully saturated rings. The summed E-state index contributed by atoms with van der Waals surface area (Å²) in [6.45, 7) is 8.15. The SMILES string of the molecule is CC(C)[C@@H](C)c1cc(N2C[C@@H]3C[C@H]2CN3C(=O)[C@H]2C[C@]3(Cc4cc(-c5ccccc5O)nnc4N3)C2)no1. The second-order valence-corrected chi connectivity index (χ2v) is 12.1. The van der Waals surface area contributed by atoms with Crippen LogP contribution in [0.15, 0.2) is 40.9 Å². The molecule has 2 N–H and O–H groups in total. The summed E-state index contributed by atoms with van der Waals surface area (Å²) in [7, 11) is 0. The number of anilines is 2. The van der Waals surface area contributed by atoms with Crippen LogP contribution < -0.4 is 10.2 Å². The van der Waals surface area contributed by atoms with Crippen LogP contribution in [0.2, 0.25) is 0 Å². The van der Waals surface area contributed by atoms with Crippen molar-refractivity contribution in [1.29, 1.82) is 0 Å². The van der Waals surface area contributed by atoms with Crippen LogP contribution in [-0.2, 0) is 11.2 Å². The molecule has 5 heterocycles. The Morgan fingerprint density at radius 1 is 1.13 bits per heavy atom. The van der Waals surface area contributed by atoms with Crippen LogP contribution in [-0.4, -0.2) is 62.0 Å². The molecular weight excluding hydrogens is 480 g/mol. The van der Waals surface area contributed by atoms with Crippen molar-refractivity contribution in [3.05, 3.63) is 47.7 Å². The van der Waals surface area contributed by atoms with E-state index in [1.54, 1.807) is 12.1 Å². The van der Waals surface area contributed by atoms with Crippen molar-refractivity contribution in [3.63, 3.8) is 0 Å². The minimum absolute atomic E-state index is 0.0424. The van der Waals surface area contributed by atoms with Crippen molar-refractivity contribution < 1.29 is 14.4 Å². The third-order valence-corrected chi connectivity index (χ3v) is 9.37. The minimum Gasteiger partial charge on any atom is -0.507 e. The lowest BCUT2D eigenvalue weighted by Gasteiger charge is -2.47. The Balaban J connectivity index is 0.975. The number of fused-ring (bicyclic) bond motifs is 3. The second kappa shape index (κ2) is 8.44. The molecule has 198 valence electrons. The van der Waals surface area contributed by atoms with Crippen molar-refractivity contribution >= 4 is 17.5 Å². The molecule has 3 aromatic rings. The number of aromatic hydroxyl groups is 1. The number of nitrogens with zero attached hydrogens (tertiary/aromatic N) is 5. The zero-order valence-corrected chi connectivity index (χ0v) is 22.1. The maximum absolute atomic E-state index is 13.5. The Kier molecular flexibility index (Phi) is 5.22. The number of rotatable bonds is 5. The van der Waals surface area contributed by atoms with Gasteiger partial charge in [-0.25, -0.2) is 0 Å². The quantitative estimate of drug-likeness (QED) is 0.522. The number of phenolic OH excluding ortho intramolecular Hbond substituents is 1. The second-order valence-electron chi connectivity index (χ2n) is 12.1. The van der Waals surface area contributed by atoms with Crippen LogP contribution in [0.3, 0.4) is 0 Å². The van der Waals surface area contributed by atoms with Gasteiger partial charge in [-0.15, -0.1) is 10.2 Å². The molecule has 2 aromatic heterocycles. The minimum atomic E-state index is -0.121. The maximum atomic E-state index is 13.5. The third-order valence-electron chi connectivity index (χ3n) is 9.37. The van der Waals surface area contributed by atoms with Gasteiger partial charge >= 0.3 is 0 Å². The van der Waals surface area contributed by atoms with Crippen LogP contribution in [0.1, 0.15) is 57.3 Å². The molecule has 9 nitrogen and oxygen atoms in total. The number of benzene rings is 1. The van der Waals surface area contributed by atoms with Gasteiger partial charge in [0.2, 0.25) is 5.91 Å². The van der Waals surface area contributed by atoms with Crippen molar-refractivity contribution in [2.45, 2.75) is 70.0 Å². The predicted molar refractivity (Wildman–Crippen MR) is 143 cm³/mol. The van der Waals surface area contributed by atoms with Gasteiger partial charge in [-0.2, -0.15) is 0 Å². The van der Waals surface area contributed by atoms with E-state index >= 15 is 0 Å². The number of hydrogen-bond donors (Lipinski definition) is 2. The molecule has 1 spiro atoms. The summed E-state index contributed by atoms with van der Waals surface area (Å²) in [6.07, 6.45) is 3.45. The summed E-state index contributed by atoms with van der Waals surface area (Å²) in [5, 5.41) is 26.9. The molecular formula is C29H34N6O3. The van der Waals surface area contributed by atoms with Gasteiger partial charge in [-0.3, -0.25) is 4.79 Å². The van der Waals surface area contributed by atoms with E-state index in [1.807, 2.05) is 18.2 Å². The van der Waals surface area contributed by atoms with Crippen LogP contribution in [0.4, 0.5) is 11.6 Å². The maximum Gasteiger partial charge on any atom is 0.226 e. The lowest BCUT2D eigenvalue weighted by atomic mass is 9.66. The normalized spacial score (nSPS) is 28.1. The van der Waals surface area contributed by atoms with E-state index in [9.17, 15) is 9.90 Å². The summed E-state index contributed by atoms with van der Waals surface area (Å²) in [5.74, 6) is 4.00. The highest BCUT2D eigenvalue weighted by molar-refractivity contribution is 5.82. The molecule has 38 heavy (non-hydrogen) atoms. The summed E-state index contributed by atoms with van der Waals surface area (Å²) < 4.78 is 5.66. The van der Waals surface area contributed by atoms with Gasteiger partial charge in [-0.1, -0.05) is 38.1 Å². The van der Waals surface area contributed by atoms with Crippen molar-refractivity contribution in [2.75, 3.05) is 23.3 Å². The van der Waals surface area contributed by atoms with E-state index in [1.165, 1.54) is 0 Å². The van der Waals surface area contributed by atoms with Gasteiger partial charge in [0.1, 0.15) is 11.5 Å². The van der Waals surface area contributed by atoms with E-state index in [0.717, 1.165) is 61.7 Å². The Morgan fingerprint density at radius 2 is 1.95 bits per heavy atom. The topological polar surface area (TPSA) is 108 Å². The molecule has 1 saturated carbocycles. The van der Waals surface area contributed by atoms with E-state index in [-0.39, 0.29) is 29.2 Å². The zero-order chi connectivity index (χ0) is 26.2. The monoisotopic (exact) mass is 514 g/mol. The highest BCUT2D eigenvalue weighted by atomic mass is 16.5. The molecule has 0 radical (unpaired) electrons. The molecule has 3 aliphatic heterocycles. The first-order valence-corrected chi connectivity index (χ1v) is 13.8. The Bertz CT molecular complexity index is 1400. The molecule has 4 aliphatic rings. The van der Waals surface area contributed by atoms with Gasteiger partial charge in [0, 0.05) is 47.7 Å². The number of amides is 1. The van der Waals surface area contributed by atoms with E-state index in [2.05, 4.69) is 57.3 Å². The standard InChI is InChI=1S/C29H34N6O3/c1-16(2)17(3)25-10-26(33-38-25)34-14-21-9-20(34)15-35(21)28(37)19-12-29(13-19)11-18-8-23(31-32-27(18)30-29)22-6-4-5-7-24(22)36/h4-8,10,16-17,19-21,36H,9,11-15H2,1-3H3,(H,30,32)/t17-,19-,20+,21+,29+/m1/s1. The molecule has 9 heteroatoms. The Labute approximate surface area is 222 Å². The Hall–Kier alpha value is -3.62. The first-order valence-electron chi connectivity index (χ1n) is 13.8. The number of likely N-dealkylation sites (tertiary alicyclic amines) is 1. The van der Waals surface area contributed by atoms with Crippen LogP contribution in [0.5, 0.6) is 5.75 Å². The van der Waals surface area contributed by atoms with Gasteiger partial charge in [-0.05, 0) is 49.8 Å². The number of nitrogens with one attached hydrogen (secondary N) is 1. The average Bonchev–Trinajstić information content (AvgIpc) is 3.68. The summed E-state index contributed by atoms with van der Waals surface area (Å²) in [4.78, 5) is 18.0. The lowest BCUT2D eigenvalue weighted by molar-refractivity contribution is -0.141. The molecule has 2 bridgehead atoms. The zero-order valence-electron chi connectivity index (χ0n) is 22.1. The smallest absolute Gasteiger partial charge is 0.226 e. The highest BCUT2D eigenvalue weighted by Crippen LogP contribution is 2.49. The number of carbonyl (C=O) groups is 1. The van der Waals surface area contributed by atoms with Crippen molar-refractivity contribution in [3.8, 4) is 17.0 Å². The first-order chi connectivity index (χ1) is 18.3. The molecule has 3 atom stereocenters. The Morgan fingerprint density at radius 3 is 2.68 bits per heavy atom. The summed E-state index contributed by atoms with van der Waals surface area (Å²) >= 11 is 0. The summed E-state index contributed by atoms with van der Waals surface area (Å²) in [6, 6.07) is 11.8. The molecule has 1 amide bonds. The molecule has 1 aromatic carbocycles. The van der Waals surface area contributed by atoms with E-state index in [0.29, 0.717) is 29.1 Å². The molecule has 2 saturated heterocycles. The van der Waals surface area contributed by atoms with Crippen LogP contribution >= 0.6 is 0 Å². The van der Waals surface area contributed by atoms with Gasteiger partial charge in [0.25, 0.3) is 0 Å². The number of aromatic nitrogens is 3. The van der Waals surface area contributed by atoms with E-state index < -0.39 is 0 Å². The number of piperazine rings is 1. The van der Waals surface area contributed by atoms with Crippen molar-refractivity contribution in [1.82, 2.24) is 20.3 Å². The number of phenols is 1. The molecule has 7 rings (SSSR count). The largest absolute Gasteiger partial charge is 0.507 e. The molecule has 1 aliphatic carbocycles. The van der Waals surface area contributed by atoms with Crippen LogP contribution in [0, 0.1) is 11.8 Å². The highest BCUT2D eigenvalue weighted by Gasteiger charge is 2.55. The fraction of sp³-hybridized carbons (Fsp3) is 0.517. The first kappa shape index (κ1) is 23.5. The number of para-hydroxylation sites is 1. The number of hydrogen-bond acceptors (Lipinski definition) is 8. The molecule has 0 unspecified atom stereocenters. The fourth-order valence-electron chi connectivity index (χ4n) is 6.87. The van der Waals surface area contributed by atoms with E-state index in [4.69, 9.17) is 4.52 Å². The van der Waals surface area contributed by atoms with Gasteiger partial charge in [0.15, 0.2) is 11.6 Å².